The van der Waals surface area contributed by atoms with Crippen LogP contribution in [-0.2, 0) is 28.4 Å². The molecule has 24 heavy (non-hydrogen) atoms. The summed E-state index contributed by atoms with van der Waals surface area (Å²) in [5.74, 6) is 0.625. The van der Waals surface area contributed by atoms with Crippen LogP contribution in [0.1, 0.15) is 12.0 Å². The van der Waals surface area contributed by atoms with Gasteiger partial charge in [0, 0.05) is 30.6 Å². The second kappa shape index (κ2) is 10.7. The van der Waals surface area contributed by atoms with Gasteiger partial charge >= 0.3 is 22.8 Å². The Balaban J connectivity index is 0.000000412. The van der Waals surface area contributed by atoms with Gasteiger partial charge in [-0.05, 0) is 64.7 Å². The number of hydrogen-bond donors (Lipinski definition) is 1. The van der Waals surface area contributed by atoms with Crippen LogP contribution < -0.4 is 11.2 Å². The van der Waals surface area contributed by atoms with Gasteiger partial charge in [-0.3, -0.25) is 19.1 Å². The molecule has 6 heteroatoms. The maximum atomic E-state index is 11.8. The van der Waals surface area contributed by atoms with Gasteiger partial charge in [0.15, 0.2) is 0 Å². The van der Waals surface area contributed by atoms with Gasteiger partial charge in [0.2, 0.25) is 0 Å². The summed E-state index contributed by atoms with van der Waals surface area (Å²) in [4.78, 5) is 36.6. The van der Waals surface area contributed by atoms with E-state index in [-0.39, 0.29) is 35.8 Å². The molecule has 3 rings (SSSR count). The third-order valence-electron chi connectivity index (χ3n) is 3.31. The van der Waals surface area contributed by atoms with Gasteiger partial charge in [0.1, 0.15) is 5.78 Å². The molecule has 0 unspecified atom stereocenters. The summed E-state index contributed by atoms with van der Waals surface area (Å²) in [7, 11) is 0. The molecule has 0 aliphatic heterocycles. The molecule has 1 aromatic heterocycles. The molecule has 2 saturated carbocycles. The predicted molar refractivity (Wildman–Crippen MR) is 87.6 cm³/mol. The number of nitrogens with zero attached hydrogens (tertiary/aromatic N) is 1. The molecule has 1 aromatic rings. The van der Waals surface area contributed by atoms with E-state index in [1.54, 1.807) is 32.6 Å². The Kier molecular flexibility index (Phi) is 9.30. The maximum absolute atomic E-state index is 11.8. The second-order valence-electron chi connectivity index (χ2n) is 5.07. The van der Waals surface area contributed by atoms with Gasteiger partial charge in [0.25, 0.3) is 5.56 Å². The fraction of sp³-hybridized carbons (Fsp3) is 0.167. The molecule has 0 spiro atoms. The Morgan fingerprint density at radius 3 is 2.08 bits per heavy atom. The number of H-pyrrole nitrogens is 1. The van der Waals surface area contributed by atoms with Crippen molar-refractivity contribution in [3.8, 4) is 0 Å². The van der Waals surface area contributed by atoms with Crippen LogP contribution >= 0.6 is 0 Å². The van der Waals surface area contributed by atoms with Crippen molar-refractivity contribution in [2.24, 2.45) is 0 Å². The molecule has 0 bridgehead atoms. The number of aromatic nitrogens is 2. The average molecular weight is 366 g/mol. The van der Waals surface area contributed by atoms with E-state index in [1.165, 1.54) is 10.8 Å². The van der Waals surface area contributed by atoms with Crippen LogP contribution in [0.25, 0.3) is 0 Å². The number of nitrogens with one attached hydrogen (secondary N) is 1. The minimum Gasteiger partial charge on any atom is -0.300 e. The third-order valence-corrected chi connectivity index (χ3v) is 3.31. The number of carbonyl (C=O) groups excluding carboxylic acids is 1. The zero-order valence-electron chi connectivity index (χ0n) is 13.2. The van der Waals surface area contributed by atoms with Gasteiger partial charge < -0.3 is 0 Å². The van der Waals surface area contributed by atoms with Crippen LogP contribution in [0.4, 0.5) is 0 Å². The molecule has 0 atom stereocenters. The summed E-state index contributed by atoms with van der Waals surface area (Å²) in [5.41, 5.74) is -0.421. The summed E-state index contributed by atoms with van der Waals surface area (Å²) in [6.07, 6.45) is 18.8. The molecule has 10 radical (unpaired) electrons. The fourth-order valence-electron chi connectivity index (χ4n) is 2.03. The first-order chi connectivity index (χ1) is 11.1. The SMILES string of the molecule is Cc1cn(CCC(=O)[C]2[CH][CH][CH][CH]2)c(=O)[nH]c1=O.[CH]1[CH][CH][CH][CH]1.[Fe+2]. The van der Waals surface area contributed by atoms with Crippen molar-refractivity contribution >= 4 is 5.78 Å². The van der Waals surface area contributed by atoms with Crippen molar-refractivity contribution in [1.29, 1.82) is 0 Å². The van der Waals surface area contributed by atoms with Crippen LogP contribution in [-0.4, -0.2) is 15.3 Å². The van der Waals surface area contributed by atoms with Gasteiger partial charge in [-0.15, -0.1) is 0 Å². The Labute approximate surface area is 153 Å². The number of aromatic amines is 1. The van der Waals surface area contributed by atoms with Gasteiger partial charge in [-0.1, -0.05) is 0 Å². The van der Waals surface area contributed by atoms with E-state index in [0.717, 1.165) is 0 Å². The van der Waals surface area contributed by atoms with Crippen LogP contribution in [0.3, 0.4) is 0 Å². The Hall–Kier alpha value is -1.13. The molecular weight excluding hydrogens is 348 g/mol. The summed E-state index contributed by atoms with van der Waals surface area (Å²) in [6, 6.07) is 0. The van der Waals surface area contributed by atoms with Crippen LogP contribution in [0, 0.1) is 70.6 Å². The maximum Gasteiger partial charge on any atom is 2.00 e. The Morgan fingerprint density at radius 2 is 1.54 bits per heavy atom. The van der Waals surface area contributed by atoms with E-state index in [0.29, 0.717) is 11.5 Å². The molecule has 1 heterocycles. The van der Waals surface area contributed by atoms with Gasteiger partial charge in [-0.2, -0.15) is 0 Å². The smallest absolute Gasteiger partial charge is 0.300 e. The first kappa shape index (κ1) is 20.9. The topological polar surface area (TPSA) is 71.9 Å². The van der Waals surface area contributed by atoms with Crippen molar-refractivity contribution in [3.63, 3.8) is 0 Å². The molecule has 5 nitrogen and oxygen atoms in total. The zero-order valence-corrected chi connectivity index (χ0v) is 14.3. The number of carbonyl (C=O) groups is 1. The predicted octanol–water partition coefficient (Wildman–Crippen LogP) is 1.23. The standard InChI is InChI=1S/C13H13N2O3.C5H5.Fe/c1-9-8-15(13(18)14-12(9)17)7-6-11(16)10-4-2-3-5-10;1-2-4-5-3-1;/h2-5,8H,6-7H2,1H3,(H,14,17,18);1-5H;/q;;+2. The van der Waals surface area contributed by atoms with E-state index in [9.17, 15) is 14.4 Å². The minimum atomic E-state index is -0.485. The largest absolute Gasteiger partial charge is 2.00 e. The number of ketones is 1. The van der Waals surface area contributed by atoms with Crippen LogP contribution in [0.15, 0.2) is 15.8 Å². The quantitative estimate of drug-likeness (QED) is 0.815. The van der Waals surface area contributed by atoms with Crippen molar-refractivity contribution in [1.82, 2.24) is 9.55 Å². The molecule has 1 N–H and O–H groups in total. The first-order valence-corrected chi connectivity index (χ1v) is 7.30. The molecule has 2 aliphatic carbocycles. The van der Waals surface area contributed by atoms with E-state index in [2.05, 4.69) is 4.98 Å². The molecule has 2 fully saturated rings. The molecular formula is C18H18FeN2O3+2. The normalized spacial score (nSPS) is 17.0. The fourth-order valence-corrected chi connectivity index (χ4v) is 2.03. The van der Waals surface area contributed by atoms with Gasteiger partial charge in [0.05, 0.1) is 0 Å². The molecule has 124 valence electrons. The summed E-state index contributed by atoms with van der Waals surface area (Å²) >= 11 is 0. The zero-order chi connectivity index (χ0) is 16.7. The van der Waals surface area contributed by atoms with E-state index < -0.39 is 11.2 Å². The molecule has 0 amide bonds. The molecule has 0 saturated heterocycles. The molecule has 0 aromatic carbocycles. The Morgan fingerprint density at radius 1 is 1.00 bits per heavy atom. The second-order valence-corrected chi connectivity index (χ2v) is 5.07. The van der Waals surface area contributed by atoms with E-state index >= 15 is 0 Å². The van der Waals surface area contributed by atoms with Crippen molar-refractivity contribution in [3.05, 3.63) is 96.3 Å². The number of rotatable bonds is 4. The number of Topliss-reactive ketones (excluding diaryl/α,β-unsaturated/α-hetero) is 1. The average Bonchev–Trinajstić information content (AvgIpc) is 3.25. The Bertz CT molecular complexity index is 618. The first-order valence-electron chi connectivity index (χ1n) is 7.30. The monoisotopic (exact) mass is 366 g/mol. The van der Waals surface area contributed by atoms with E-state index in [1.807, 2.05) is 32.1 Å². The molecule has 2 aliphatic rings. The third kappa shape index (κ3) is 6.40. The van der Waals surface area contributed by atoms with Gasteiger partial charge in [-0.25, -0.2) is 4.79 Å². The van der Waals surface area contributed by atoms with Crippen LogP contribution in [0.2, 0.25) is 0 Å². The van der Waals surface area contributed by atoms with Crippen LogP contribution in [0.5, 0.6) is 0 Å². The van der Waals surface area contributed by atoms with E-state index in [4.69, 9.17) is 0 Å². The number of aryl methyl sites for hydroxylation is 2. The summed E-state index contributed by atoms with van der Waals surface area (Å²) in [5, 5.41) is 0. The van der Waals surface area contributed by atoms with Crippen molar-refractivity contribution in [2.45, 2.75) is 19.9 Å². The minimum absolute atomic E-state index is 0. The summed E-state index contributed by atoms with van der Waals surface area (Å²) in [6.45, 7) is 1.88. The number of hydrogen-bond acceptors (Lipinski definition) is 3. The van der Waals surface area contributed by atoms with Crippen molar-refractivity contribution in [2.75, 3.05) is 0 Å². The van der Waals surface area contributed by atoms with Crippen molar-refractivity contribution < 1.29 is 21.9 Å². The summed E-state index contributed by atoms with van der Waals surface area (Å²) < 4.78 is 1.34.